The Balaban J connectivity index is 2.98. The van der Waals surface area contributed by atoms with Gasteiger partial charge in [-0.1, -0.05) is 0 Å². The van der Waals surface area contributed by atoms with Crippen molar-refractivity contribution in [2.24, 2.45) is 0 Å². The molecule has 17 heavy (non-hydrogen) atoms. The van der Waals surface area contributed by atoms with Crippen molar-refractivity contribution in [3.8, 4) is 6.07 Å². The van der Waals surface area contributed by atoms with Crippen LogP contribution in [0.1, 0.15) is 12.5 Å². The van der Waals surface area contributed by atoms with Crippen molar-refractivity contribution in [3.63, 3.8) is 0 Å². The zero-order valence-electron chi connectivity index (χ0n) is 8.97. The quantitative estimate of drug-likeness (QED) is 0.463. The summed E-state index contributed by atoms with van der Waals surface area (Å²) in [5.74, 6) is 0. The van der Waals surface area contributed by atoms with Crippen LogP contribution in [0.25, 0.3) is 0 Å². The second-order valence-corrected chi connectivity index (χ2v) is 5.46. The molecule has 1 aromatic carbocycles. The van der Waals surface area contributed by atoms with Gasteiger partial charge in [-0.25, -0.2) is 0 Å². The number of carbonyl (C=O) groups excluding carboxylic acids is 1. The molecule has 0 bridgehead atoms. The SMILES string of the molecule is CCOC(=O)[AsH]c1ccc([N+](=O)[O-])cc1C#N. The third-order valence-corrected chi connectivity index (χ3v) is 4.06. The molecule has 1 atom stereocenters. The summed E-state index contributed by atoms with van der Waals surface area (Å²) >= 11 is -1.25. The summed E-state index contributed by atoms with van der Waals surface area (Å²) in [7, 11) is 0. The van der Waals surface area contributed by atoms with Crippen LogP contribution in [0.2, 0.25) is 0 Å². The van der Waals surface area contributed by atoms with E-state index in [0.29, 0.717) is 4.35 Å². The molecule has 1 rings (SSSR count). The van der Waals surface area contributed by atoms with E-state index in [1.807, 2.05) is 6.07 Å². The van der Waals surface area contributed by atoms with E-state index in [4.69, 9.17) is 10.00 Å². The standard InChI is InChI=1S/C10H9AsN2O4/c1-2-17-10(14)11-9-4-3-8(13(15)16)5-7(9)6-12/h3-5,11H,2H2,1H3. The van der Waals surface area contributed by atoms with Crippen LogP contribution in [0, 0.1) is 21.4 Å². The van der Waals surface area contributed by atoms with Gasteiger partial charge in [0.15, 0.2) is 0 Å². The fraction of sp³-hybridized carbons (Fsp3) is 0.200. The van der Waals surface area contributed by atoms with Crippen LogP contribution in [0.5, 0.6) is 0 Å². The fourth-order valence-corrected chi connectivity index (χ4v) is 2.94. The summed E-state index contributed by atoms with van der Waals surface area (Å²) in [6.45, 7) is 1.99. The van der Waals surface area contributed by atoms with Crippen LogP contribution in [-0.4, -0.2) is 32.0 Å². The number of nitrogens with zero attached hydrogens (tertiary/aromatic N) is 2. The van der Waals surface area contributed by atoms with Gasteiger partial charge in [0.25, 0.3) is 0 Å². The van der Waals surface area contributed by atoms with E-state index >= 15 is 0 Å². The Bertz CT molecular complexity index is 496. The van der Waals surface area contributed by atoms with E-state index in [1.54, 1.807) is 6.92 Å². The second-order valence-electron chi connectivity index (χ2n) is 2.94. The molecular weight excluding hydrogens is 287 g/mol. The summed E-state index contributed by atoms with van der Waals surface area (Å²) in [5, 5.41) is 19.4. The van der Waals surface area contributed by atoms with Gasteiger partial charge >= 0.3 is 104 Å². The van der Waals surface area contributed by atoms with Gasteiger partial charge in [0.1, 0.15) is 0 Å². The number of hydrogen-bond acceptors (Lipinski definition) is 5. The molecule has 0 spiro atoms. The number of nitro groups is 1. The topological polar surface area (TPSA) is 93.2 Å². The van der Waals surface area contributed by atoms with Gasteiger partial charge in [-0.15, -0.1) is 0 Å². The third kappa shape index (κ3) is 3.58. The van der Waals surface area contributed by atoms with Gasteiger partial charge in [-0.2, -0.15) is 0 Å². The number of rotatable bonds is 4. The summed E-state index contributed by atoms with van der Waals surface area (Å²) in [6.07, 6.45) is 0. The minimum absolute atomic E-state index is 0.152. The molecule has 0 aliphatic rings. The molecule has 7 heteroatoms. The first-order chi connectivity index (χ1) is 8.08. The van der Waals surface area contributed by atoms with Gasteiger partial charge < -0.3 is 0 Å². The molecule has 88 valence electrons. The average molecular weight is 296 g/mol. The second kappa shape index (κ2) is 6.02. The van der Waals surface area contributed by atoms with Crippen molar-refractivity contribution in [2.45, 2.75) is 6.92 Å². The van der Waals surface area contributed by atoms with Crippen LogP contribution in [0.15, 0.2) is 18.2 Å². The number of ether oxygens (including phenoxy) is 1. The van der Waals surface area contributed by atoms with E-state index in [-0.39, 0.29) is 22.6 Å². The third-order valence-electron chi connectivity index (χ3n) is 1.85. The number of carbonyl (C=O) groups is 1. The van der Waals surface area contributed by atoms with Crippen LogP contribution in [0.4, 0.5) is 10.5 Å². The van der Waals surface area contributed by atoms with Gasteiger partial charge in [0.05, 0.1) is 0 Å². The predicted molar refractivity (Wildman–Crippen MR) is 61.6 cm³/mol. The molecule has 1 aromatic rings. The first-order valence-corrected chi connectivity index (χ1v) is 6.80. The zero-order chi connectivity index (χ0) is 12.8. The minimum atomic E-state index is -1.25. The van der Waals surface area contributed by atoms with Crippen molar-refractivity contribution < 1.29 is 14.5 Å². The van der Waals surface area contributed by atoms with E-state index < -0.39 is 20.7 Å². The normalized spacial score (nSPS) is 10.1. The molecule has 6 nitrogen and oxygen atoms in total. The van der Waals surface area contributed by atoms with Crippen molar-refractivity contribution in [2.75, 3.05) is 6.61 Å². The molecule has 0 aliphatic heterocycles. The maximum absolute atomic E-state index is 11.3. The van der Waals surface area contributed by atoms with E-state index in [1.165, 1.54) is 18.2 Å². The average Bonchev–Trinajstić information content (AvgIpc) is 2.29. The van der Waals surface area contributed by atoms with Crippen LogP contribution in [0.3, 0.4) is 0 Å². The Kier molecular flexibility index (Phi) is 4.67. The molecule has 0 N–H and O–H groups in total. The summed E-state index contributed by atoms with van der Waals surface area (Å²) in [5.41, 5.74) is 0.0213. The first-order valence-electron chi connectivity index (χ1n) is 4.70. The molecule has 0 saturated carbocycles. The maximum atomic E-state index is 11.3. The van der Waals surface area contributed by atoms with Gasteiger partial charge in [-0.05, 0) is 0 Å². The molecule has 0 fully saturated rings. The molecular formula is C10H9AsN2O4. The summed E-state index contributed by atoms with van der Waals surface area (Å²) in [6, 6.07) is 5.78. The van der Waals surface area contributed by atoms with Gasteiger partial charge in [0.2, 0.25) is 0 Å². The van der Waals surface area contributed by atoms with Crippen LogP contribution < -0.4 is 4.35 Å². The first kappa shape index (κ1) is 13.2. The molecule has 0 aliphatic carbocycles. The molecule has 0 saturated heterocycles. The van der Waals surface area contributed by atoms with Gasteiger partial charge in [-0.3, -0.25) is 0 Å². The number of hydrogen-bond donors (Lipinski definition) is 0. The van der Waals surface area contributed by atoms with E-state index in [2.05, 4.69) is 0 Å². The molecule has 1 unspecified atom stereocenters. The Hall–Kier alpha value is -1.86. The fourth-order valence-electron chi connectivity index (χ4n) is 1.12. The van der Waals surface area contributed by atoms with Crippen molar-refractivity contribution >= 4 is 30.5 Å². The molecule has 0 radical (unpaired) electrons. The molecule has 0 aromatic heterocycles. The number of benzene rings is 1. The van der Waals surface area contributed by atoms with E-state index in [0.717, 1.165) is 0 Å². The van der Waals surface area contributed by atoms with Crippen molar-refractivity contribution in [3.05, 3.63) is 33.9 Å². The molecule has 0 heterocycles. The number of non-ortho nitro benzene ring substituents is 1. The molecule has 0 amide bonds. The van der Waals surface area contributed by atoms with Gasteiger partial charge in [0, 0.05) is 0 Å². The Morgan fingerprint density at radius 2 is 2.35 bits per heavy atom. The van der Waals surface area contributed by atoms with Crippen molar-refractivity contribution in [1.29, 1.82) is 5.26 Å². The van der Waals surface area contributed by atoms with Crippen molar-refractivity contribution in [1.82, 2.24) is 0 Å². The van der Waals surface area contributed by atoms with Crippen LogP contribution in [-0.2, 0) is 4.74 Å². The summed E-state index contributed by atoms with van der Waals surface area (Å²) in [4.78, 5) is 21.2. The predicted octanol–water partition coefficient (Wildman–Crippen LogP) is 0.685. The Morgan fingerprint density at radius 1 is 1.65 bits per heavy atom. The van der Waals surface area contributed by atoms with E-state index in [9.17, 15) is 14.9 Å². The number of nitriles is 1. The monoisotopic (exact) mass is 296 g/mol. The summed E-state index contributed by atoms with van der Waals surface area (Å²) < 4.78 is 5.01. The Labute approximate surface area is 104 Å². The zero-order valence-corrected chi connectivity index (χ0v) is 11.1. The van der Waals surface area contributed by atoms with Crippen LogP contribution >= 0.6 is 0 Å². The Morgan fingerprint density at radius 3 is 2.88 bits per heavy atom. The number of nitro benzene ring substituents is 1.